The number of hydrogen-bond donors (Lipinski definition) is 0. The van der Waals surface area contributed by atoms with Gasteiger partial charge in [0.05, 0.1) is 18.9 Å². The minimum Gasteiger partial charge on any atom is -0.444 e. The van der Waals surface area contributed by atoms with Crippen molar-refractivity contribution in [1.29, 1.82) is 0 Å². The maximum Gasteiger partial charge on any atom is 0.220 e. The van der Waals surface area contributed by atoms with Gasteiger partial charge in [-0.25, -0.2) is 4.98 Å². The Morgan fingerprint density at radius 3 is 2.92 bits per heavy atom. The van der Waals surface area contributed by atoms with Crippen molar-refractivity contribution in [3.63, 3.8) is 0 Å². The Balaban J connectivity index is 1.54. The first-order valence-corrected chi connectivity index (χ1v) is 8.39. The van der Waals surface area contributed by atoms with E-state index in [1.54, 1.807) is 13.1 Å². The van der Waals surface area contributed by atoms with Crippen LogP contribution in [0.1, 0.15) is 30.6 Å². The highest BCUT2D eigenvalue weighted by molar-refractivity contribution is 5.73. The van der Waals surface area contributed by atoms with Crippen LogP contribution < -0.4 is 0 Å². The molecule has 0 unspecified atom stereocenters. The van der Waals surface area contributed by atoms with E-state index in [1.165, 1.54) is 5.56 Å². The van der Waals surface area contributed by atoms with E-state index < -0.39 is 0 Å². The molecule has 1 amide bonds. The van der Waals surface area contributed by atoms with Gasteiger partial charge in [0.2, 0.25) is 11.8 Å². The van der Waals surface area contributed by atoms with Gasteiger partial charge in [-0.05, 0) is 25.3 Å². The molecular weight excluding hydrogens is 306 g/mol. The summed E-state index contributed by atoms with van der Waals surface area (Å²) in [5.74, 6) is 1.46. The van der Waals surface area contributed by atoms with Gasteiger partial charge in [-0.3, -0.25) is 9.48 Å². The molecule has 7 heteroatoms. The summed E-state index contributed by atoms with van der Waals surface area (Å²) in [5, 5.41) is 4.20. The van der Waals surface area contributed by atoms with Gasteiger partial charge >= 0.3 is 0 Å². The average molecular weight is 331 g/mol. The quantitative estimate of drug-likeness (QED) is 0.800. The molecule has 1 atom stereocenters. The van der Waals surface area contributed by atoms with Crippen molar-refractivity contribution in [3.8, 4) is 0 Å². The lowest BCUT2D eigenvalue weighted by atomic mass is 10.2. The summed E-state index contributed by atoms with van der Waals surface area (Å²) in [4.78, 5) is 20.6. The first kappa shape index (κ1) is 16.7. The topological polar surface area (TPSA) is 67.4 Å². The van der Waals surface area contributed by atoms with Gasteiger partial charge in [-0.15, -0.1) is 0 Å². The number of likely N-dealkylation sites (tertiary alicyclic amines) is 1. The van der Waals surface area contributed by atoms with Crippen molar-refractivity contribution in [2.24, 2.45) is 7.05 Å². The summed E-state index contributed by atoms with van der Waals surface area (Å²) in [6.45, 7) is 6.84. The van der Waals surface area contributed by atoms with Crippen LogP contribution in [0, 0.1) is 6.92 Å². The van der Waals surface area contributed by atoms with Crippen molar-refractivity contribution in [2.75, 3.05) is 19.6 Å². The van der Waals surface area contributed by atoms with Crippen LogP contribution in [0.4, 0.5) is 0 Å². The van der Waals surface area contributed by atoms with Crippen LogP contribution in [0.3, 0.4) is 0 Å². The predicted octanol–water partition coefficient (Wildman–Crippen LogP) is 1.38. The highest BCUT2D eigenvalue weighted by atomic mass is 16.4. The molecule has 0 spiro atoms. The molecule has 1 fully saturated rings. The Labute approximate surface area is 142 Å². The summed E-state index contributed by atoms with van der Waals surface area (Å²) in [6.07, 6.45) is 7.65. The molecule has 3 rings (SSSR count). The number of rotatable bonds is 6. The number of carbonyl (C=O) groups is 1. The third-order valence-corrected chi connectivity index (χ3v) is 4.54. The molecule has 2 aromatic heterocycles. The largest absolute Gasteiger partial charge is 0.444 e. The maximum absolute atomic E-state index is 12.1. The number of hydrogen-bond acceptors (Lipinski definition) is 5. The fourth-order valence-corrected chi connectivity index (χ4v) is 3.28. The minimum atomic E-state index is 0.0740. The molecule has 24 heavy (non-hydrogen) atoms. The van der Waals surface area contributed by atoms with Crippen LogP contribution in [0.5, 0.6) is 0 Å². The van der Waals surface area contributed by atoms with E-state index >= 15 is 0 Å². The summed E-state index contributed by atoms with van der Waals surface area (Å²) in [5.41, 5.74) is 1.25. The monoisotopic (exact) mass is 331 g/mol. The van der Waals surface area contributed by atoms with E-state index in [0.29, 0.717) is 12.4 Å². The molecule has 0 radical (unpaired) electrons. The molecule has 130 valence electrons. The van der Waals surface area contributed by atoms with Gasteiger partial charge in [0.15, 0.2) is 0 Å². The van der Waals surface area contributed by atoms with Crippen molar-refractivity contribution in [2.45, 2.75) is 39.3 Å². The molecule has 0 aromatic carbocycles. The second kappa shape index (κ2) is 7.17. The Morgan fingerprint density at radius 1 is 1.46 bits per heavy atom. The van der Waals surface area contributed by atoms with Gasteiger partial charge in [0.1, 0.15) is 5.76 Å². The summed E-state index contributed by atoms with van der Waals surface area (Å²) < 4.78 is 7.36. The van der Waals surface area contributed by atoms with Gasteiger partial charge in [0.25, 0.3) is 0 Å². The van der Waals surface area contributed by atoms with E-state index in [4.69, 9.17) is 4.42 Å². The third kappa shape index (κ3) is 4.03. The van der Waals surface area contributed by atoms with Gasteiger partial charge in [0, 0.05) is 45.8 Å². The van der Waals surface area contributed by atoms with E-state index in [2.05, 4.69) is 21.2 Å². The Bertz CT molecular complexity index is 693. The van der Waals surface area contributed by atoms with Gasteiger partial charge in [-0.1, -0.05) is 0 Å². The minimum absolute atomic E-state index is 0.0740. The number of aryl methyl sites for hydroxylation is 2. The lowest BCUT2D eigenvalue weighted by Crippen LogP contribution is -2.40. The molecule has 7 nitrogen and oxygen atoms in total. The van der Waals surface area contributed by atoms with Crippen LogP contribution in [0.15, 0.2) is 23.0 Å². The summed E-state index contributed by atoms with van der Waals surface area (Å²) >= 11 is 0. The van der Waals surface area contributed by atoms with Gasteiger partial charge in [-0.2, -0.15) is 5.10 Å². The average Bonchev–Trinajstić information content (AvgIpc) is 3.24. The van der Waals surface area contributed by atoms with Gasteiger partial charge < -0.3 is 14.2 Å². The lowest BCUT2D eigenvalue weighted by Gasteiger charge is -2.27. The number of carbonyl (C=O) groups excluding carboxylic acids is 1. The van der Waals surface area contributed by atoms with E-state index in [0.717, 1.165) is 38.2 Å². The van der Waals surface area contributed by atoms with Crippen molar-refractivity contribution >= 4 is 5.91 Å². The van der Waals surface area contributed by atoms with Crippen molar-refractivity contribution < 1.29 is 9.21 Å². The highest BCUT2D eigenvalue weighted by Crippen LogP contribution is 2.19. The SMILES string of the molecule is CC(=O)N(Cc1ncc(C)o1)[C@H]1CCN(CCc2cnn(C)c2)C1. The molecule has 1 aliphatic heterocycles. The van der Waals surface area contributed by atoms with Crippen LogP contribution in [-0.2, 0) is 24.8 Å². The lowest BCUT2D eigenvalue weighted by molar-refractivity contribution is -0.132. The number of aromatic nitrogens is 3. The Hall–Kier alpha value is -2.15. The molecule has 2 aromatic rings. The molecule has 1 aliphatic rings. The summed E-state index contributed by atoms with van der Waals surface area (Å²) in [7, 11) is 1.94. The second-order valence-electron chi connectivity index (χ2n) is 6.53. The molecule has 3 heterocycles. The maximum atomic E-state index is 12.1. The molecular formula is C17H25N5O2. The zero-order chi connectivity index (χ0) is 17.1. The zero-order valence-electron chi connectivity index (χ0n) is 14.6. The first-order chi connectivity index (χ1) is 11.5. The van der Waals surface area contributed by atoms with E-state index in [-0.39, 0.29) is 11.9 Å². The van der Waals surface area contributed by atoms with Crippen LogP contribution in [0.2, 0.25) is 0 Å². The normalized spacial score (nSPS) is 18.2. The Morgan fingerprint density at radius 2 is 2.29 bits per heavy atom. The molecule has 0 bridgehead atoms. The number of nitrogens with zero attached hydrogens (tertiary/aromatic N) is 5. The number of oxazole rings is 1. The standard InChI is InChI=1S/C17H25N5O2/c1-13-8-18-17(24-13)12-22(14(2)23)16-5-7-21(11-16)6-4-15-9-19-20(3)10-15/h8-10,16H,4-7,11-12H2,1-3H3/t16-/m0/s1. The van der Waals surface area contributed by atoms with Crippen molar-refractivity contribution in [1.82, 2.24) is 24.6 Å². The molecule has 0 saturated carbocycles. The van der Waals surface area contributed by atoms with E-state index in [1.807, 2.05) is 29.7 Å². The second-order valence-corrected chi connectivity index (χ2v) is 6.53. The van der Waals surface area contributed by atoms with Crippen LogP contribution in [-0.4, -0.2) is 56.1 Å². The summed E-state index contributed by atoms with van der Waals surface area (Å²) in [6, 6.07) is 0.226. The first-order valence-electron chi connectivity index (χ1n) is 8.39. The molecule has 1 saturated heterocycles. The number of amides is 1. The van der Waals surface area contributed by atoms with Crippen LogP contribution in [0.25, 0.3) is 0 Å². The third-order valence-electron chi connectivity index (χ3n) is 4.54. The Kier molecular flexibility index (Phi) is 4.99. The van der Waals surface area contributed by atoms with Crippen LogP contribution >= 0.6 is 0 Å². The highest BCUT2D eigenvalue weighted by Gasteiger charge is 2.30. The van der Waals surface area contributed by atoms with E-state index in [9.17, 15) is 4.79 Å². The van der Waals surface area contributed by atoms with Crippen molar-refractivity contribution in [3.05, 3.63) is 35.8 Å². The smallest absolute Gasteiger partial charge is 0.220 e. The predicted molar refractivity (Wildman–Crippen MR) is 89.2 cm³/mol. The zero-order valence-corrected chi connectivity index (χ0v) is 14.6. The fraction of sp³-hybridized carbons (Fsp3) is 0.588. The molecule has 0 N–H and O–H groups in total. The molecule has 0 aliphatic carbocycles. The fourth-order valence-electron chi connectivity index (χ4n) is 3.28.